The molecule has 5 heteroatoms. The summed E-state index contributed by atoms with van der Waals surface area (Å²) < 4.78 is 9.32. The van der Waals surface area contributed by atoms with Crippen LogP contribution in [0.1, 0.15) is 19.8 Å². The van der Waals surface area contributed by atoms with Crippen molar-refractivity contribution < 1.29 is 24.2 Å². The van der Waals surface area contributed by atoms with Gasteiger partial charge in [0.2, 0.25) is 0 Å². The first-order chi connectivity index (χ1) is 8.01. The van der Waals surface area contributed by atoms with Crippen LogP contribution >= 0.6 is 0 Å². The summed E-state index contributed by atoms with van der Waals surface area (Å²) in [6, 6.07) is 0. The van der Waals surface area contributed by atoms with Gasteiger partial charge in [0.05, 0.1) is 20.3 Å². The van der Waals surface area contributed by atoms with E-state index in [0.29, 0.717) is 0 Å². The first kappa shape index (κ1) is 13.7. The maximum atomic E-state index is 11.8. The quantitative estimate of drug-likeness (QED) is 0.447. The Labute approximate surface area is 100 Å². The fraction of sp³-hybridized carbons (Fsp3) is 0.667. The van der Waals surface area contributed by atoms with E-state index in [1.54, 1.807) is 12.2 Å². The van der Waals surface area contributed by atoms with Crippen LogP contribution in [0.25, 0.3) is 0 Å². The minimum Gasteiger partial charge on any atom is -0.468 e. The molecule has 1 rings (SSSR count). The van der Waals surface area contributed by atoms with Gasteiger partial charge in [-0.3, -0.25) is 9.59 Å². The summed E-state index contributed by atoms with van der Waals surface area (Å²) in [6.45, 7) is 1.82. The Morgan fingerprint density at radius 1 is 1.24 bits per heavy atom. The fourth-order valence-electron chi connectivity index (χ4n) is 2.38. The monoisotopic (exact) mass is 242 g/mol. The highest BCUT2D eigenvalue weighted by Gasteiger charge is 2.56. The molecule has 0 aromatic heterocycles. The van der Waals surface area contributed by atoms with Crippen LogP contribution in [0, 0.1) is 11.3 Å². The molecule has 0 aliphatic heterocycles. The Bertz CT molecular complexity index is 318. The van der Waals surface area contributed by atoms with E-state index in [-0.39, 0.29) is 18.8 Å². The van der Waals surface area contributed by atoms with Crippen molar-refractivity contribution in [2.75, 3.05) is 14.2 Å². The van der Waals surface area contributed by atoms with Gasteiger partial charge in [-0.15, -0.1) is 0 Å². The molecule has 0 amide bonds. The van der Waals surface area contributed by atoms with Gasteiger partial charge < -0.3 is 14.6 Å². The van der Waals surface area contributed by atoms with Gasteiger partial charge in [-0.25, -0.2) is 0 Å². The highest BCUT2D eigenvalue weighted by Crippen LogP contribution is 2.44. The van der Waals surface area contributed by atoms with E-state index < -0.39 is 23.5 Å². The van der Waals surface area contributed by atoms with Gasteiger partial charge in [-0.2, -0.15) is 0 Å². The van der Waals surface area contributed by atoms with Crippen molar-refractivity contribution in [2.24, 2.45) is 11.3 Å². The zero-order valence-corrected chi connectivity index (χ0v) is 10.3. The predicted octanol–water partition coefficient (Wildman–Crippen LogP) is 0.666. The van der Waals surface area contributed by atoms with Gasteiger partial charge in [-0.1, -0.05) is 12.2 Å². The number of hydrogen-bond donors (Lipinski definition) is 1. The minimum absolute atomic E-state index is 0.0430. The molecule has 17 heavy (non-hydrogen) atoms. The number of ether oxygens (including phenoxy) is 2. The van der Waals surface area contributed by atoms with Crippen LogP contribution in [0.4, 0.5) is 0 Å². The molecule has 0 saturated heterocycles. The molecule has 1 aliphatic carbocycles. The molecule has 1 N–H and O–H groups in total. The van der Waals surface area contributed by atoms with Crippen LogP contribution in [0.3, 0.4) is 0 Å². The van der Waals surface area contributed by atoms with E-state index in [0.717, 1.165) is 0 Å². The molecule has 1 aliphatic rings. The number of carbonyl (C=O) groups excluding carboxylic acids is 2. The normalized spacial score (nSPS) is 27.1. The Morgan fingerprint density at radius 3 is 2.18 bits per heavy atom. The lowest BCUT2D eigenvalue weighted by atomic mass is 9.85. The van der Waals surface area contributed by atoms with Crippen molar-refractivity contribution in [1.29, 1.82) is 0 Å². The van der Waals surface area contributed by atoms with Crippen molar-refractivity contribution in [1.82, 2.24) is 0 Å². The number of aliphatic hydroxyl groups is 1. The van der Waals surface area contributed by atoms with E-state index in [4.69, 9.17) is 0 Å². The first-order valence-electron chi connectivity index (χ1n) is 5.49. The average molecular weight is 242 g/mol. The number of hydrogen-bond acceptors (Lipinski definition) is 5. The molecule has 0 aromatic carbocycles. The van der Waals surface area contributed by atoms with Crippen molar-refractivity contribution >= 4 is 11.9 Å². The second kappa shape index (κ2) is 5.31. The SMILES string of the molecule is C/C=C/[C@@H]1CC(C(=O)OC)(C(=O)OC)C[C@@H]1O. The Morgan fingerprint density at radius 2 is 1.76 bits per heavy atom. The van der Waals surface area contributed by atoms with Crippen LogP contribution in [0.15, 0.2) is 12.2 Å². The lowest BCUT2D eigenvalue weighted by molar-refractivity contribution is -0.169. The maximum absolute atomic E-state index is 11.8. The maximum Gasteiger partial charge on any atom is 0.323 e. The van der Waals surface area contributed by atoms with E-state index in [2.05, 4.69) is 9.47 Å². The standard InChI is InChI=1S/C12H18O5/c1-4-5-8-6-12(7-9(8)13,10(14)16-2)11(15)17-3/h4-5,8-9,13H,6-7H2,1-3H3/b5-4+/t8-,9+/m1/s1. The van der Waals surface area contributed by atoms with Gasteiger partial charge in [0.1, 0.15) is 0 Å². The molecular formula is C12H18O5. The third-order valence-electron chi connectivity index (χ3n) is 3.23. The molecule has 0 spiro atoms. The minimum atomic E-state index is -1.37. The van der Waals surface area contributed by atoms with Crippen molar-refractivity contribution in [3.8, 4) is 0 Å². The van der Waals surface area contributed by atoms with Crippen LogP contribution in [-0.2, 0) is 19.1 Å². The smallest absolute Gasteiger partial charge is 0.323 e. The molecule has 0 aromatic rings. The van der Waals surface area contributed by atoms with E-state index in [1.807, 2.05) is 6.92 Å². The van der Waals surface area contributed by atoms with Crippen molar-refractivity contribution in [3.05, 3.63) is 12.2 Å². The molecule has 1 saturated carbocycles. The Kier molecular flexibility index (Phi) is 4.28. The summed E-state index contributed by atoms with van der Waals surface area (Å²) in [6.07, 6.45) is 3.11. The Balaban J connectivity index is 3.03. The predicted molar refractivity (Wildman–Crippen MR) is 60.0 cm³/mol. The van der Waals surface area contributed by atoms with Crippen molar-refractivity contribution in [2.45, 2.75) is 25.9 Å². The van der Waals surface area contributed by atoms with Gasteiger partial charge in [0.25, 0.3) is 0 Å². The molecule has 0 radical (unpaired) electrons. The molecule has 0 heterocycles. The fourth-order valence-corrected chi connectivity index (χ4v) is 2.38. The second-order valence-electron chi connectivity index (χ2n) is 4.23. The summed E-state index contributed by atoms with van der Waals surface area (Å²) in [5.41, 5.74) is -1.37. The average Bonchev–Trinajstić information content (AvgIpc) is 2.66. The largest absolute Gasteiger partial charge is 0.468 e. The van der Waals surface area contributed by atoms with E-state index in [9.17, 15) is 14.7 Å². The highest BCUT2D eigenvalue weighted by atomic mass is 16.5. The van der Waals surface area contributed by atoms with E-state index >= 15 is 0 Å². The third-order valence-corrected chi connectivity index (χ3v) is 3.23. The van der Waals surface area contributed by atoms with Crippen LogP contribution in [0.5, 0.6) is 0 Å². The lowest BCUT2D eigenvalue weighted by Crippen LogP contribution is -2.39. The molecule has 0 unspecified atom stereocenters. The molecular weight excluding hydrogens is 224 g/mol. The summed E-state index contributed by atoms with van der Waals surface area (Å²) in [7, 11) is 2.45. The van der Waals surface area contributed by atoms with Gasteiger partial charge in [0.15, 0.2) is 5.41 Å². The summed E-state index contributed by atoms with van der Waals surface area (Å²) in [5.74, 6) is -1.51. The number of methoxy groups -OCH3 is 2. The van der Waals surface area contributed by atoms with Crippen LogP contribution in [-0.4, -0.2) is 37.4 Å². The summed E-state index contributed by atoms with van der Waals surface area (Å²) in [5, 5.41) is 9.88. The molecule has 5 nitrogen and oxygen atoms in total. The second-order valence-corrected chi connectivity index (χ2v) is 4.23. The highest BCUT2D eigenvalue weighted by molar-refractivity contribution is 6.00. The van der Waals surface area contributed by atoms with Gasteiger partial charge in [-0.05, 0) is 13.3 Å². The first-order valence-corrected chi connectivity index (χ1v) is 5.49. The zero-order valence-electron chi connectivity index (χ0n) is 10.3. The van der Waals surface area contributed by atoms with Gasteiger partial charge in [0, 0.05) is 12.3 Å². The molecule has 1 fully saturated rings. The number of allylic oxidation sites excluding steroid dienone is 1. The van der Waals surface area contributed by atoms with E-state index in [1.165, 1.54) is 14.2 Å². The summed E-state index contributed by atoms with van der Waals surface area (Å²) in [4.78, 5) is 23.5. The zero-order chi connectivity index (χ0) is 13.1. The van der Waals surface area contributed by atoms with Gasteiger partial charge >= 0.3 is 11.9 Å². The van der Waals surface area contributed by atoms with Crippen LogP contribution in [0.2, 0.25) is 0 Å². The Hall–Kier alpha value is -1.36. The topological polar surface area (TPSA) is 72.8 Å². The molecule has 0 bridgehead atoms. The summed E-state index contributed by atoms with van der Waals surface area (Å²) >= 11 is 0. The number of carbonyl (C=O) groups is 2. The number of rotatable bonds is 3. The van der Waals surface area contributed by atoms with Crippen LogP contribution < -0.4 is 0 Å². The number of aliphatic hydroxyl groups excluding tert-OH is 1. The third kappa shape index (κ3) is 2.34. The molecule has 2 atom stereocenters. The van der Waals surface area contributed by atoms with Crippen molar-refractivity contribution in [3.63, 3.8) is 0 Å². The molecule has 96 valence electrons. The lowest BCUT2D eigenvalue weighted by Gasteiger charge is -2.22. The number of esters is 2.